The molecule has 0 saturated heterocycles. The van der Waals surface area contributed by atoms with Crippen LogP contribution in [0.15, 0.2) is 54.9 Å². The van der Waals surface area contributed by atoms with Gasteiger partial charge in [0.2, 0.25) is 0 Å². The first-order valence-corrected chi connectivity index (χ1v) is 6.99. The summed E-state index contributed by atoms with van der Waals surface area (Å²) in [5, 5.41) is 1.15. The molecule has 0 radical (unpaired) electrons. The van der Waals surface area contributed by atoms with E-state index in [1.54, 1.807) is 6.20 Å². The number of rotatable bonds is 4. The third kappa shape index (κ3) is 2.91. The lowest BCUT2D eigenvalue weighted by molar-refractivity contribution is 0.542. The van der Waals surface area contributed by atoms with E-state index in [1.807, 2.05) is 30.5 Å². The highest BCUT2D eigenvalue weighted by Crippen LogP contribution is 2.21. The van der Waals surface area contributed by atoms with Crippen LogP contribution in [-0.4, -0.2) is 9.97 Å². The second-order valence-electron chi connectivity index (χ2n) is 5.15. The van der Waals surface area contributed by atoms with E-state index in [1.165, 1.54) is 5.56 Å². The SMILES string of the molecule is Cc1ccncc1C(Cc1ccc2ccccc2n1)NN. The van der Waals surface area contributed by atoms with Gasteiger partial charge in [-0.15, -0.1) is 0 Å². The van der Waals surface area contributed by atoms with E-state index in [2.05, 4.69) is 35.5 Å². The van der Waals surface area contributed by atoms with Gasteiger partial charge >= 0.3 is 0 Å². The Morgan fingerprint density at radius 2 is 2.00 bits per heavy atom. The predicted molar refractivity (Wildman–Crippen MR) is 84.5 cm³/mol. The molecule has 0 aliphatic heterocycles. The minimum Gasteiger partial charge on any atom is -0.271 e. The van der Waals surface area contributed by atoms with E-state index >= 15 is 0 Å². The third-order valence-corrected chi connectivity index (χ3v) is 3.73. The highest BCUT2D eigenvalue weighted by atomic mass is 15.2. The van der Waals surface area contributed by atoms with Crippen molar-refractivity contribution < 1.29 is 0 Å². The maximum Gasteiger partial charge on any atom is 0.0705 e. The Kier molecular flexibility index (Phi) is 3.90. The van der Waals surface area contributed by atoms with Crippen molar-refractivity contribution in [3.63, 3.8) is 0 Å². The topological polar surface area (TPSA) is 63.8 Å². The number of aromatic nitrogens is 2. The molecule has 1 unspecified atom stereocenters. The quantitative estimate of drug-likeness (QED) is 0.569. The lowest BCUT2D eigenvalue weighted by Gasteiger charge is -2.17. The monoisotopic (exact) mass is 278 g/mol. The average molecular weight is 278 g/mol. The largest absolute Gasteiger partial charge is 0.271 e. The number of aryl methyl sites for hydroxylation is 1. The van der Waals surface area contributed by atoms with Crippen molar-refractivity contribution in [2.24, 2.45) is 5.84 Å². The normalized spacial score (nSPS) is 12.5. The number of hydrogen-bond donors (Lipinski definition) is 2. The van der Waals surface area contributed by atoms with Gasteiger partial charge < -0.3 is 0 Å². The zero-order valence-electron chi connectivity index (χ0n) is 12.0. The molecule has 1 atom stereocenters. The number of nitrogens with zero attached hydrogens (tertiary/aromatic N) is 2. The van der Waals surface area contributed by atoms with Gasteiger partial charge in [-0.1, -0.05) is 24.3 Å². The molecular formula is C17H18N4. The number of fused-ring (bicyclic) bond motifs is 1. The van der Waals surface area contributed by atoms with Crippen molar-refractivity contribution in [3.8, 4) is 0 Å². The second-order valence-corrected chi connectivity index (χ2v) is 5.15. The summed E-state index contributed by atoms with van der Waals surface area (Å²) in [6, 6.07) is 14.3. The van der Waals surface area contributed by atoms with Gasteiger partial charge in [0.05, 0.1) is 11.6 Å². The molecule has 0 aliphatic carbocycles. The summed E-state index contributed by atoms with van der Waals surface area (Å²) < 4.78 is 0. The maximum atomic E-state index is 5.73. The minimum absolute atomic E-state index is 0.00682. The summed E-state index contributed by atoms with van der Waals surface area (Å²) in [6.45, 7) is 2.06. The van der Waals surface area contributed by atoms with Crippen molar-refractivity contribution in [1.29, 1.82) is 0 Å². The molecule has 2 heterocycles. The lowest BCUT2D eigenvalue weighted by Crippen LogP contribution is -2.30. The van der Waals surface area contributed by atoms with Crippen LogP contribution in [0, 0.1) is 6.92 Å². The molecule has 106 valence electrons. The third-order valence-electron chi connectivity index (χ3n) is 3.73. The second kappa shape index (κ2) is 5.99. The summed E-state index contributed by atoms with van der Waals surface area (Å²) in [5.41, 5.74) is 7.18. The first-order chi connectivity index (χ1) is 10.3. The van der Waals surface area contributed by atoms with Crippen LogP contribution in [0.25, 0.3) is 10.9 Å². The van der Waals surface area contributed by atoms with E-state index in [-0.39, 0.29) is 6.04 Å². The number of hydrogen-bond acceptors (Lipinski definition) is 4. The smallest absolute Gasteiger partial charge is 0.0705 e. The molecule has 4 nitrogen and oxygen atoms in total. The highest BCUT2D eigenvalue weighted by molar-refractivity contribution is 5.78. The molecule has 3 rings (SSSR count). The van der Waals surface area contributed by atoms with Crippen LogP contribution in [0.4, 0.5) is 0 Å². The number of para-hydroxylation sites is 1. The molecule has 4 heteroatoms. The predicted octanol–water partition coefficient (Wildman–Crippen LogP) is 2.69. The molecule has 0 spiro atoms. The molecule has 0 amide bonds. The number of nitrogens with two attached hydrogens (primary N) is 1. The molecule has 2 aromatic heterocycles. The zero-order valence-corrected chi connectivity index (χ0v) is 12.0. The fraction of sp³-hybridized carbons (Fsp3) is 0.176. The Hall–Kier alpha value is -2.30. The number of pyridine rings is 2. The highest BCUT2D eigenvalue weighted by Gasteiger charge is 2.14. The first-order valence-electron chi connectivity index (χ1n) is 6.99. The zero-order chi connectivity index (χ0) is 14.7. The first kappa shape index (κ1) is 13.7. The standard InChI is InChI=1S/C17H18N4/c1-12-8-9-19-11-15(12)17(21-18)10-14-7-6-13-4-2-3-5-16(13)20-14/h2-9,11,17,21H,10,18H2,1H3. The molecule has 3 N–H and O–H groups in total. The van der Waals surface area contributed by atoms with E-state index in [0.717, 1.165) is 28.6 Å². The Bertz CT molecular complexity index is 754. The van der Waals surface area contributed by atoms with Gasteiger partial charge in [-0.05, 0) is 36.2 Å². The van der Waals surface area contributed by atoms with Gasteiger partial charge in [-0.25, -0.2) is 0 Å². The van der Waals surface area contributed by atoms with E-state index < -0.39 is 0 Å². The number of hydrazine groups is 1. The molecular weight excluding hydrogens is 260 g/mol. The Morgan fingerprint density at radius 1 is 1.14 bits per heavy atom. The fourth-order valence-electron chi connectivity index (χ4n) is 2.53. The van der Waals surface area contributed by atoms with Crippen LogP contribution in [0.2, 0.25) is 0 Å². The van der Waals surface area contributed by atoms with Gasteiger partial charge in [0.1, 0.15) is 0 Å². The molecule has 3 aromatic rings. The summed E-state index contributed by atoms with van der Waals surface area (Å²) in [4.78, 5) is 8.89. The van der Waals surface area contributed by atoms with Gasteiger partial charge in [-0.3, -0.25) is 21.2 Å². The van der Waals surface area contributed by atoms with Crippen molar-refractivity contribution in [3.05, 3.63) is 71.7 Å². The van der Waals surface area contributed by atoms with Crippen LogP contribution in [-0.2, 0) is 6.42 Å². The number of benzene rings is 1. The average Bonchev–Trinajstić information content (AvgIpc) is 2.53. The minimum atomic E-state index is 0.00682. The molecule has 0 fully saturated rings. The molecule has 0 saturated carbocycles. The van der Waals surface area contributed by atoms with Crippen molar-refractivity contribution in [2.75, 3.05) is 0 Å². The van der Waals surface area contributed by atoms with Gasteiger partial charge in [-0.2, -0.15) is 0 Å². The number of nitrogens with one attached hydrogen (secondary N) is 1. The van der Waals surface area contributed by atoms with Crippen LogP contribution in [0.3, 0.4) is 0 Å². The summed E-state index contributed by atoms with van der Waals surface area (Å²) in [7, 11) is 0. The van der Waals surface area contributed by atoms with Crippen LogP contribution in [0.1, 0.15) is 22.9 Å². The van der Waals surface area contributed by atoms with Crippen LogP contribution < -0.4 is 11.3 Å². The molecule has 1 aromatic carbocycles. The molecule has 0 bridgehead atoms. The lowest BCUT2D eigenvalue weighted by atomic mass is 9.99. The maximum absolute atomic E-state index is 5.73. The fourth-order valence-corrected chi connectivity index (χ4v) is 2.53. The summed E-state index contributed by atoms with van der Waals surface area (Å²) in [5.74, 6) is 5.73. The van der Waals surface area contributed by atoms with E-state index in [4.69, 9.17) is 10.8 Å². The van der Waals surface area contributed by atoms with E-state index in [9.17, 15) is 0 Å². The van der Waals surface area contributed by atoms with Crippen LogP contribution in [0.5, 0.6) is 0 Å². The molecule has 0 aliphatic rings. The summed E-state index contributed by atoms with van der Waals surface area (Å²) in [6.07, 6.45) is 4.38. The van der Waals surface area contributed by atoms with Crippen molar-refractivity contribution in [1.82, 2.24) is 15.4 Å². The van der Waals surface area contributed by atoms with Crippen molar-refractivity contribution in [2.45, 2.75) is 19.4 Å². The van der Waals surface area contributed by atoms with Gasteiger partial charge in [0.15, 0.2) is 0 Å². The van der Waals surface area contributed by atoms with Crippen LogP contribution >= 0.6 is 0 Å². The Balaban J connectivity index is 1.90. The summed E-state index contributed by atoms with van der Waals surface area (Å²) >= 11 is 0. The van der Waals surface area contributed by atoms with Gasteiger partial charge in [0, 0.05) is 29.9 Å². The Morgan fingerprint density at radius 3 is 2.81 bits per heavy atom. The Labute approximate surface area is 124 Å². The van der Waals surface area contributed by atoms with E-state index in [0.29, 0.717) is 0 Å². The van der Waals surface area contributed by atoms with Gasteiger partial charge in [0.25, 0.3) is 0 Å². The molecule has 21 heavy (non-hydrogen) atoms. The van der Waals surface area contributed by atoms with Crippen molar-refractivity contribution >= 4 is 10.9 Å².